The molecule has 0 aliphatic rings. The van der Waals surface area contributed by atoms with E-state index in [4.69, 9.17) is 5.11 Å². The van der Waals surface area contributed by atoms with Crippen LogP contribution >= 0.6 is 11.8 Å². The number of hydrogen-bond acceptors (Lipinski definition) is 3. The van der Waals surface area contributed by atoms with Crippen LogP contribution in [0.2, 0.25) is 0 Å². The lowest BCUT2D eigenvalue weighted by Crippen LogP contribution is -2.39. The molecule has 0 radical (unpaired) electrons. The van der Waals surface area contributed by atoms with Gasteiger partial charge in [0.05, 0.1) is 0 Å². The Balaban J connectivity index is 3.88. The molecule has 6 heteroatoms. The fourth-order valence-electron chi connectivity index (χ4n) is 1.87. The SMILES string of the molecule is CSCCCNC(=O)NCC(CC(=O)O)CC(C)C. The first-order valence-corrected chi connectivity index (χ1v) is 8.07. The van der Waals surface area contributed by atoms with Crippen molar-refractivity contribution in [3.05, 3.63) is 0 Å². The van der Waals surface area contributed by atoms with E-state index < -0.39 is 5.97 Å². The quantitative estimate of drug-likeness (QED) is 0.539. The normalized spacial score (nSPS) is 12.2. The molecule has 0 fully saturated rings. The van der Waals surface area contributed by atoms with Crippen molar-refractivity contribution in [3.63, 3.8) is 0 Å². The van der Waals surface area contributed by atoms with E-state index in [1.54, 1.807) is 11.8 Å². The Labute approximate surface area is 119 Å². The molecule has 0 bridgehead atoms. The molecule has 0 heterocycles. The highest BCUT2D eigenvalue weighted by molar-refractivity contribution is 7.98. The summed E-state index contributed by atoms with van der Waals surface area (Å²) < 4.78 is 0. The first kappa shape index (κ1) is 18.1. The summed E-state index contributed by atoms with van der Waals surface area (Å²) in [6.07, 6.45) is 3.88. The van der Waals surface area contributed by atoms with Crippen LogP contribution in [0.1, 0.15) is 33.1 Å². The van der Waals surface area contributed by atoms with Crippen molar-refractivity contribution < 1.29 is 14.7 Å². The van der Waals surface area contributed by atoms with Crippen molar-refractivity contribution in [1.82, 2.24) is 10.6 Å². The van der Waals surface area contributed by atoms with E-state index in [1.165, 1.54) is 0 Å². The summed E-state index contributed by atoms with van der Waals surface area (Å²) in [5.74, 6) is 0.632. The molecule has 3 N–H and O–H groups in total. The predicted octanol–water partition coefficient (Wildman–Crippen LogP) is 2.18. The van der Waals surface area contributed by atoms with Gasteiger partial charge in [-0.1, -0.05) is 13.8 Å². The Bertz CT molecular complexity index is 273. The molecule has 0 rings (SSSR count). The lowest BCUT2D eigenvalue weighted by Gasteiger charge is -2.18. The second-order valence-corrected chi connectivity index (χ2v) is 6.06. The third kappa shape index (κ3) is 11.9. The first-order chi connectivity index (χ1) is 8.95. The predicted molar refractivity (Wildman–Crippen MR) is 79.6 cm³/mol. The van der Waals surface area contributed by atoms with Crippen LogP contribution in [0.15, 0.2) is 0 Å². The summed E-state index contributed by atoms with van der Waals surface area (Å²) in [6.45, 7) is 5.17. The Hall–Kier alpha value is -0.910. The molecule has 1 unspecified atom stereocenters. The van der Waals surface area contributed by atoms with Crippen LogP contribution in [0, 0.1) is 11.8 Å². The van der Waals surface area contributed by atoms with Gasteiger partial charge < -0.3 is 15.7 Å². The molecule has 5 nitrogen and oxygen atoms in total. The highest BCUT2D eigenvalue weighted by Gasteiger charge is 2.15. The van der Waals surface area contributed by atoms with E-state index in [1.807, 2.05) is 6.26 Å². The Morgan fingerprint density at radius 2 is 1.95 bits per heavy atom. The molecule has 0 aromatic rings. The van der Waals surface area contributed by atoms with Gasteiger partial charge in [0.15, 0.2) is 0 Å². The van der Waals surface area contributed by atoms with Crippen LogP contribution in [0.3, 0.4) is 0 Å². The molecule has 0 aromatic carbocycles. The maximum Gasteiger partial charge on any atom is 0.314 e. The fraction of sp³-hybridized carbons (Fsp3) is 0.846. The third-order valence-electron chi connectivity index (χ3n) is 2.63. The number of urea groups is 1. The number of hydrogen-bond donors (Lipinski definition) is 3. The van der Waals surface area contributed by atoms with Gasteiger partial charge in [-0.3, -0.25) is 4.79 Å². The molecule has 0 aliphatic heterocycles. The maximum atomic E-state index is 11.5. The van der Waals surface area contributed by atoms with Crippen LogP contribution in [0.4, 0.5) is 4.79 Å². The minimum Gasteiger partial charge on any atom is -0.481 e. The number of amides is 2. The summed E-state index contributed by atoms with van der Waals surface area (Å²) in [5, 5.41) is 14.4. The van der Waals surface area contributed by atoms with Crippen LogP contribution in [0.25, 0.3) is 0 Å². The van der Waals surface area contributed by atoms with E-state index >= 15 is 0 Å². The van der Waals surface area contributed by atoms with Crippen molar-refractivity contribution >= 4 is 23.8 Å². The van der Waals surface area contributed by atoms with E-state index in [0.29, 0.717) is 19.0 Å². The van der Waals surface area contributed by atoms with Crippen LogP contribution in [-0.4, -0.2) is 42.2 Å². The van der Waals surface area contributed by atoms with E-state index in [9.17, 15) is 9.59 Å². The summed E-state index contributed by atoms with van der Waals surface area (Å²) in [5.41, 5.74) is 0. The smallest absolute Gasteiger partial charge is 0.314 e. The summed E-state index contributed by atoms with van der Waals surface area (Å²) in [7, 11) is 0. The zero-order chi connectivity index (χ0) is 14.7. The number of carboxylic acid groups (broad SMARTS) is 1. The molecule has 1 atom stereocenters. The molecule has 2 amide bonds. The molecule has 0 saturated heterocycles. The lowest BCUT2D eigenvalue weighted by molar-refractivity contribution is -0.138. The maximum absolute atomic E-state index is 11.5. The number of aliphatic carboxylic acids is 1. The summed E-state index contributed by atoms with van der Waals surface area (Å²) >= 11 is 1.75. The van der Waals surface area contributed by atoms with Crippen molar-refractivity contribution in [1.29, 1.82) is 0 Å². The molecule has 0 aromatic heterocycles. The standard InChI is InChI=1S/C13H26N2O3S/c1-10(2)7-11(8-12(16)17)9-15-13(18)14-5-4-6-19-3/h10-11H,4-9H2,1-3H3,(H,16,17)(H2,14,15,18). The lowest BCUT2D eigenvalue weighted by atomic mass is 9.94. The van der Waals surface area contributed by atoms with E-state index in [0.717, 1.165) is 18.6 Å². The number of nitrogens with one attached hydrogen (secondary N) is 2. The molecule has 112 valence electrons. The molecule has 0 aliphatic carbocycles. The fourth-order valence-corrected chi connectivity index (χ4v) is 2.30. The van der Waals surface area contributed by atoms with Gasteiger partial charge >= 0.3 is 12.0 Å². The number of carbonyl (C=O) groups excluding carboxylic acids is 1. The first-order valence-electron chi connectivity index (χ1n) is 6.68. The van der Waals surface area contributed by atoms with Gasteiger partial charge in [-0.25, -0.2) is 4.79 Å². The summed E-state index contributed by atoms with van der Waals surface area (Å²) in [4.78, 5) is 22.3. The minimum atomic E-state index is -0.812. The van der Waals surface area contributed by atoms with Crippen molar-refractivity contribution in [3.8, 4) is 0 Å². The highest BCUT2D eigenvalue weighted by atomic mass is 32.2. The van der Waals surface area contributed by atoms with Crippen LogP contribution in [0.5, 0.6) is 0 Å². The average molecular weight is 290 g/mol. The van der Waals surface area contributed by atoms with Gasteiger partial charge in [0.1, 0.15) is 0 Å². The number of rotatable bonds is 10. The Kier molecular flexibility index (Phi) is 10.4. The largest absolute Gasteiger partial charge is 0.481 e. The van der Waals surface area contributed by atoms with Gasteiger partial charge in [-0.05, 0) is 36.7 Å². The van der Waals surface area contributed by atoms with Crippen LogP contribution in [-0.2, 0) is 4.79 Å². The number of thioether (sulfide) groups is 1. The van der Waals surface area contributed by atoms with Gasteiger partial charge in [-0.15, -0.1) is 0 Å². The van der Waals surface area contributed by atoms with E-state index in [-0.39, 0.29) is 18.4 Å². The van der Waals surface area contributed by atoms with Gasteiger partial charge in [0.2, 0.25) is 0 Å². The van der Waals surface area contributed by atoms with Crippen molar-refractivity contribution in [2.45, 2.75) is 33.1 Å². The van der Waals surface area contributed by atoms with Gasteiger partial charge in [-0.2, -0.15) is 11.8 Å². The second-order valence-electron chi connectivity index (χ2n) is 5.08. The Morgan fingerprint density at radius 3 is 2.47 bits per heavy atom. The molecular formula is C13H26N2O3S. The number of carbonyl (C=O) groups is 2. The minimum absolute atomic E-state index is 0.00514. The average Bonchev–Trinajstić information content (AvgIpc) is 2.30. The monoisotopic (exact) mass is 290 g/mol. The topological polar surface area (TPSA) is 78.4 Å². The summed E-state index contributed by atoms with van der Waals surface area (Å²) in [6, 6.07) is -0.208. The Morgan fingerprint density at radius 1 is 1.26 bits per heavy atom. The third-order valence-corrected chi connectivity index (χ3v) is 3.33. The highest BCUT2D eigenvalue weighted by Crippen LogP contribution is 2.14. The van der Waals surface area contributed by atoms with Gasteiger partial charge in [0, 0.05) is 19.5 Å². The van der Waals surface area contributed by atoms with E-state index in [2.05, 4.69) is 24.5 Å². The number of carboxylic acids is 1. The van der Waals surface area contributed by atoms with Crippen molar-refractivity contribution in [2.75, 3.05) is 25.1 Å². The molecule has 19 heavy (non-hydrogen) atoms. The second kappa shape index (κ2) is 11.0. The van der Waals surface area contributed by atoms with Crippen molar-refractivity contribution in [2.24, 2.45) is 11.8 Å². The molecule has 0 saturated carbocycles. The molecular weight excluding hydrogens is 264 g/mol. The zero-order valence-corrected chi connectivity index (χ0v) is 12.9. The van der Waals surface area contributed by atoms with Gasteiger partial charge in [0.25, 0.3) is 0 Å². The molecule has 0 spiro atoms. The van der Waals surface area contributed by atoms with Crippen LogP contribution < -0.4 is 10.6 Å². The zero-order valence-electron chi connectivity index (χ0n) is 12.1.